The molecule has 5 aromatic rings. The highest BCUT2D eigenvalue weighted by molar-refractivity contribution is 6.33. The number of amides is 1. The summed E-state index contributed by atoms with van der Waals surface area (Å²) in [5, 5.41) is 8.52. The van der Waals surface area contributed by atoms with Crippen molar-refractivity contribution in [1.82, 2.24) is 19.7 Å². The first-order valence-electron chi connectivity index (χ1n) is 16.3. The van der Waals surface area contributed by atoms with Gasteiger partial charge in [-0.3, -0.25) is 19.1 Å². The lowest BCUT2D eigenvalue weighted by molar-refractivity contribution is -0.136. The maximum atomic E-state index is 15.8. The Kier molecular flexibility index (Phi) is 8.41. The fourth-order valence-corrected chi connectivity index (χ4v) is 7.98. The van der Waals surface area contributed by atoms with Gasteiger partial charge in [-0.25, -0.2) is 14.4 Å². The number of benzene rings is 3. The molecule has 10 heteroatoms. The number of hydrogen-bond acceptors (Lipinski definition) is 6. The number of nitrogens with zero attached hydrogens (tertiary/aromatic N) is 4. The molecule has 2 heterocycles. The third-order valence-corrected chi connectivity index (χ3v) is 10.5. The summed E-state index contributed by atoms with van der Waals surface area (Å²) >= 11 is 6.35. The molecule has 0 aliphatic heterocycles. The molecule has 8 nitrogen and oxygen atoms in total. The van der Waals surface area contributed by atoms with Crippen LogP contribution in [0.1, 0.15) is 61.8 Å². The van der Waals surface area contributed by atoms with E-state index in [4.69, 9.17) is 11.6 Å². The Labute approximate surface area is 282 Å². The highest BCUT2D eigenvalue weighted by atomic mass is 35.5. The first kappa shape index (κ1) is 31.8. The highest BCUT2D eigenvalue weighted by Crippen LogP contribution is 2.56. The van der Waals surface area contributed by atoms with Gasteiger partial charge in [-0.2, -0.15) is 5.10 Å². The minimum atomic E-state index is -0.546. The van der Waals surface area contributed by atoms with Crippen molar-refractivity contribution in [3.63, 3.8) is 0 Å². The van der Waals surface area contributed by atoms with Gasteiger partial charge >= 0.3 is 0 Å². The largest absolute Gasteiger partial charge is 0.323 e. The summed E-state index contributed by atoms with van der Waals surface area (Å²) < 4.78 is 17.4. The van der Waals surface area contributed by atoms with E-state index in [0.29, 0.717) is 50.9 Å². The third kappa shape index (κ3) is 5.92. The Morgan fingerprint density at radius 3 is 2.44 bits per heavy atom. The van der Waals surface area contributed by atoms with E-state index < -0.39 is 17.2 Å². The van der Waals surface area contributed by atoms with E-state index in [1.807, 2.05) is 25.1 Å². The van der Waals surface area contributed by atoms with E-state index in [1.165, 1.54) is 6.92 Å². The van der Waals surface area contributed by atoms with Gasteiger partial charge < -0.3 is 5.32 Å². The van der Waals surface area contributed by atoms with E-state index in [1.54, 1.807) is 59.5 Å². The number of carbonyl (C=O) groups excluding carboxylic acids is 3. The Morgan fingerprint density at radius 2 is 1.71 bits per heavy atom. The van der Waals surface area contributed by atoms with E-state index in [0.717, 1.165) is 36.8 Å². The van der Waals surface area contributed by atoms with Crippen molar-refractivity contribution < 1.29 is 18.8 Å². The Hall–Kier alpha value is -4.76. The zero-order valence-corrected chi connectivity index (χ0v) is 27.6. The van der Waals surface area contributed by atoms with Gasteiger partial charge in [-0.1, -0.05) is 48.0 Å². The number of ketones is 2. The normalized spacial score (nSPS) is 20.2. The van der Waals surface area contributed by atoms with Crippen molar-refractivity contribution in [2.24, 2.45) is 17.3 Å². The minimum absolute atomic E-state index is 0.0230. The predicted molar refractivity (Wildman–Crippen MR) is 183 cm³/mol. The van der Waals surface area contributed by atoms with E-state index >= 15 is 4.39 Å². The van der Waals surface area contributed by atoms with Gasteiger partial charge in [-0.05, 0) is 80.2 Å². The minimum Gasteiger partial charge on any atom is -0.323 e. The summed E-state index contributed by atoms with van der Waals surface area (Å²) in [6.45, 7) is 3.26. The van der Waals surface area contributed by atoms with Crippen LogP contribution in [0, 0.1) is 30.0 Å². The molecule has 1 amide bonds. The number of carbonyl (C=O) groups is 3. The number of anilines is 1. The molecule has 48 heavy (non-hydrogen) atoms. The lowest BCUT2D eigenvalue weighted by Gasteiger charge is -2.51. The van der Waals surface area contributed by atoms with Crippen LogP contribution in [0.4, 0.5) is 10.1 Å². The van der Waals surface area contributed by atoms with Crippen LogP contribution < -0.4 is 5.32 Å². The van der Waals surface area contributed by atoms with Crippen molar-refractivity contribution >= 4 is 45.7 Å². The van der Waals surface area contributed by atoms with Crippen LogP contribution in [0.5, 0.6) is 0 Å². The predicted octanol–water partition coefficient (Wildman–Crippen LogP) is 8.26. The van der Waals surface area contributed by atoms with Gasteiger partial charge in [0.15, 0.2) is 17.4 Å². The van der Waals surface area contributed by atoms with Crippen LogP contribution in [0.2, 0.25) is 5.02 Å². The smallest absolute Gasteiger partial charge is 0.228 e. The van der Waals surface area contributed by atoms with E-state index in [9.17, 15) is 14.4 Å². The van der Waals surface area contributed by atoms with Crippen LogP contribution >= 0.6 is 11.6 Å². The fourth-order valence-electron chi connectivity index (χ4n) is 7.74. The molecule has 0 saturated heterocycles. The van der Waals surface area contributed by atoms with Crippen LogP contribution in [0.15, 0.2) is 73.1 Å². The Morgan fingerprint density at radius 1 is 0.979 bits per heavy atom. The monoisotopic (exact) mass is 663 g/mol. The second-order valence-electron chi connectivity index (χ2n) is 13.3. The number of hydrogen-bond donors (Lipinski definition) is 1. The molecule has 3 fully saturated rings. The summed E-state index contributed by atoms with van der Waals surface area (Å²) in [4.78, 5) is 48.9. The average Bonchev–Trinajstić information content (AvgIpc) is 3.44. The van der Waals surface area contributed by atoms with Crippen LogP contribution in [-0.4, -0.2) is 37.2 Å². The highest BCUT2D eigenvalue weighted by Gasteiger charge is 2.51. The Balaban J connectivity index is 1.13. The van der Waals surface area contributed by atoms with Gasteiger partial charge in [0.25, 0.3) is 0 Å². The van der Waals surface area contributed by atoms with Gasteiger partial charge in [0.2, 0.25) is 5.91 Å². The molecule has 2 bridgehead atoms. The molecule has 8 rings (SSSR count). The summed E-state index contributed by atoms with van der Waals surface area (Å²) in [6, 6.07) is 17.6. The number of nitrogens with one attached hydrogen (secondary N) is 1. The van der Waals surface area contributed by atoms with Gasteiger partial charge in [0, 0.05) is 58.8 Å². The number of Topliss-reactive ketones (excluding diaryl/α,β-unsaturated/α-hetero) is 2. The molecule has 1 atom stereocenters. The zero-order chi connectivity index (χ0) is 33.6. The quantitative estimate of drug-likeness (QED) is 0.159. The third-order valence-electron chi connectivity index (χ3n) is 10.2. The molecule has 3 aromatic carbocycles. The molecule has 1 N–H and O–H groups in total. The van der Waals surface area contributed by atoms with Gasteiger partial charge in [0.1, 0.15) is 18.1 Å². The molecular weight excluding hydrogens is 629 g/mol. The lowest BCUT2D eigenvalue weighted by Crippen LogP contribution is -2.48. The SMILES string of the molecule is CC(=O)c1nn(CC(=O)CC23CCC(CC2)CC3C(=O)Nc2cccc(-c3ccccc3Cl)c2F)c2ccc(-c3cnc(C)nc3)cc12. The van der Waals surface area contributed by atoms with Crippen molar-refractivity contribution in [2.75, 3.05) is 5.32 Å². The summed E-state index contributed by atoms with van der Waals surface area (Å²) in [5.74, 6) is -0.438. The number of fused-ring (bicyclic) bond motifs is 4. The molecule has 0 spiro atoms. The number of rotatable bonds is 9. The Bertz CT molecular complexity index is 2070. The maximum absolute atomic E-state index is 15.8. The van der Waals surface area contributed by atoms with E-state index in [-0.39, 0.29) is 36.1 Å². The second-order valence-corrected chi connectivity index (χ2v) is 13.7. The van der Waals surface area contributed by atoms with Crippen LogP contribution in [-0.2, 0) is 16.1 Å². The first-order valence-corrected chi connectivity index (χ1v) is 16.7. The molecule has 3 saturated carbocycles. The topological polar surface area (TPSA) is 107 Å². The van der Waals surface area contributed by atoms with Crippen molar-refractivity contribution in [1.29, 1.82) is 0 Å². The lowest BCUT2D eigenvalue weighted by atomic mass is 9.53. The number of aryl methyl sites for hydroxylation is 1. The zero-order valence-electron chi connectivity index (χ0n) is 26.8. The molecule has 2 aromatic heterocycles. The molecule has 3 aliphatic carbocycles. The van der Waals surface area contributed by atoms with Crippen LogP contribution in [0.3, 0.4) is 0 Å². The first-order chi connectivity index (χ1) is 23.1. The van der Waals surface area contributed by atoms with Gasteiger partial charge in [-0.15, -0.1) is 0 Å². The summed E-state index contributed by atoms with van der Waals surface area (Å²) in [7, 11) is 0. The standard InChI is InChI=1S/C38H35ClFN5O3/c1-22(46)36-30-17-25(26-19-41-23(2)42-20-26)10-11-34(30)45(44-36)21-27(47)18-38-14-12-24(13-15-38)16-31(38)37(48)43-33-9-5-7-29(35(33)40)28-6-3-4-8-32(28)39/h3-11,17,19-20,24,31H,12-16,18,21H2,1-2H3,(H,43,48). The van der Waals surface area contributed by atoms with Gasteiger partial charge in [0.05, 0.1) is 11.2 Å². The number of halogens is 2. The fraction of sp³-hybridized carbons (Fsp3) is 0.316. The molecule has 244 valence electrons. The molecule has 0 radical (unpaired) electrons. The number of aromatic nitrogens is 4. The molecule has 3 aliphatic rings. The van der Waals surface area contributed by atoms with E-state index in [2.05, 4.69) is 20.4 Å². The second kappa shape index (κ2) is 12.7. The average molecular weight is 664 g/mol. The van der Waals surface area contributed by atoms with Crippen molar-refractivity contribution in [2.45, 2.75) is 58.9 Å². The van der Waals surface area contributed by atoms with Crippen molar-refractivity contribution in [3.8, 4) is 22.3 Å². The molecular formula is C38H35ClFN5O3. The summed E-state index contributed by atoms with van der Waals surface area (Å²) in [6.07, 6.45) is 7.76. The molecule has 1 unspecified atom stereocenters. The maximum Gasteiger partial charge on any atom is 0.228 e. The van der Waals surface area contributed by atoms with Crippen molar-refractivity contribution in [3.05, 3.63) is 95.4 Å². The summed E-state index contributed by atoms with van der Waals surface area (Å²) in [5.41, 5.74) is 3.05. The van der Waals surface area contributed by atoms with Crippen LogP contribution in [0.25, 0.3) is 33.2 Å².